The molecule has 0 saturated heterocycles. The lowest BCUT2D eigenvalue weighted by molar-refractivity contribution is 0.783. The normalized spacial score (nSPS) is 12.1. The summed E-state index contributed by atoms with van der Waals surface area (Å²) in [6.07, 6.45) is 6.14. The average molecular weight is 266 g/mol. The SMILES string of the molecule is CC=CCCNC(=NC)NCCc1csc(C)n1. The molecule has 0 atom stereocenters. The van der Waals surface area contributed by atoms with Crippen LogP contribution in [0.5, 0.6) is 0 Å². The zero-order valence-electron chi connectivity index (χ0n) is 11.4. The van der Waals surface area contributed by atoms with E-state index in [0.29, 0.717) is 0 Å². The van der Waals surface area contributed by atoms with E-state index in [1.54, 1.807) is 18.4 Å². The van der Waals surface area contributed by atoms with Crippen molar-refractivity contribution >= 4 is 17.3 Å². The van der Waals surface area contributed by atoms with Crippen LogP contribution in [0.25, 0.3) is 0 Å². The van der Waals surface area contributed by atoms with Crippen LogP contribution < -0.4 is 10.6 Å². The maximum Gasteiger partial charge on any atom is 0.190 e. The van der Waals surface area contributed by atoms with Crippen molar-refractivity contribution in [3.8, 4) is 0 Å². The van der Waals surface area contributed by atoms with Crippen LogP contribution in [0.4, 0.5) is 0 Å². The van der Waals surface area contributed by atoms with E-state index < -0.39 is 0 Å². The zero-order chi connectivity index (χ0) is 13.2. The fourth-order valence-corrected chi connectivity index (χ4v) is 2.14. The van der Waals surface area contributed by atoms with Gasteiger partial charge in [0.25, 0.3) is 0 Å². The summed E-state index contributed by atoms with van der Waals surface area (Å²) in [5.41, 5.74) is 1.15. The first-order valence-corrected chi connectivity index (χ1v) is 7.11. The number of allylic oxidation sites excluding steroid dienone is 1. The molecule has 0 unspecified atom stereocenters. The van der Waals surface area contributed by atoms with E-state index in [1.807, 2.05) is 13.8 Å². The van der Waals surface area contributed by atoms with Gasteiger partial charge in [-0.25, -0.2) is 4.98 Å². The summed E-state index contributed by atoms with van der Waals surface area (Å²) in [6, 6.07) is 0. The third-order valence-corrected chi connectivity index (χ3v) is 3.23. The first-order valence-electron chi connectivity index (χ1n) is 6.23. The Morgan fingerprint density at radius 2 is 2.22 bits per heavy atom. The largest absolute Gasteiger partial charge is 0.356 e. The van der Waals surface area contributed by atoms with Gasteiger partial charge in [0.2, 0.25) is 0 Å². The number of aromatic nitrogens is 1. The molecule has 0 spiro atoms. The van der Waals surface area contributed by atoms with E-state index in [0.717, 1.165) is 42.6 Å². The molecule has 18 heavy (non-hydrogen) atoms. The van der Waals surface area contributed by atoms with Gasteiger partial charge in [-0.2, -0.15) is 0 Å². The van der Waals surface area contributed by atoms with Gasteiger partial charge < -0.3 is 10.6 Å². The highest BCUT2D eigenvalue weighted by molar-refractivity contribution is 7.09. The van der Waals surface area contributed by atoms with Crippen LogP contribution in [0, 0.1) is 6.92 Å². The number of aryl methyl sites for hydroxylation is 1. The van der Waals surface area contributed by atoms with E-state index in [4.69, 9.17) is 0 Å². The summed E-state index contributed by atoms with van der Waals surface area (Å²) < 4.78 is 0. The minimum atomic E-state index is 0.853. The van der Waals surface area contributed by atoms with Crippen molar-refractivity contribution in [2.75, 3.05) is 20.1 Å². The van der Waals surface area contributed by atoms with Gasteiger partial charge in [0, 0.05) is 31.9 Å². The highest BCUT2D eigenvalue weighted by Gasteiger charge is 1.99. The molecule has 0 radical (unpaired) electrons. The second kappa shape index (κ2) is 8.69. The molecule has 0 fully saturated rings. The van der Waals surface area contributed by atoms with E-state index in [1.165, 1.54) is 0 Å². The lowest BCUT2D eigenvalue weighted by atomic mass is 10.3. The van der Waals surface area contributed by atoms with Crippen molar-refractivity contribution in [2.45, 2.75) is 26.7 Å². The molecule has 1 rings (SSSR count). The van der Waals surface area contributed by atoms with Crippen LogP contribution in [0.15, 0.2) is 22.5 Å². The summed E-state index contributed by atoms with van der Waals surface area (Å²) in [7, 11) is 1.79. The number of rotatable bonds is 6. The van der Waals surface area contributed by atoms with Crippen LogP contribution in [-0.4, -0.2) is 31.1 Å². The van der Waals surface area contributed by atoms with Crippen molar-refractivity contribution in [2.24, 2.45) is 4.99 Å². The standard InChI is InChI=1S/C13H22N4S/c1-4-5-6-8-15-13(14-3)16-9-7-12-10-18-11(2)17-12/h4-5,10H,6-9H2,1-3H3,(H2,14,15,16). The average Bonchev–Trinajstić information content (AvgIpc) is 2.78. The lowest BCUT2D eigenvalue weighted by Crippen LogP contribution is -2.38. The molecule has 0 aliphatic rings. The Morgan fingerprint density at radius 1 is 1.44 bits per heavy atom. The second-order valence-corrected chi connectivity index (χ2v) is 4.95. The van der Waals surface area contributed by atoms with Crippen molar-refractivity contribution < 1.29 is 0 Å². The fourth-order valence-electron chi connectivity index (χ4n) is 1.49. The zero-order valence-corrected chi connectivity index (χ0v) is 12.2. The third-order valence-electron chi connectivity index (χ3n) is 2.40. The van der Waals surface area contributed by atoms with Crippen LogP contribution in [0.2, 0.25) is 0 Å². The predicted molar refractivity (Wildman–Crippen MR) is 79.4 cm³/mol. The maximum atomic E-state index is 4.43. The molecule has 100 valence electrons. The van der Waals surface area contributed by atoms with Crippen molar-refractivity contribution in [1.29, 1.82) is 0 Å². The molecule has 5 heteroatoms. The van der Waals surface area contributed by atoms with E-state index in [9.17, 15) is 0 Å². The molecule has 4 nitrogen and oxygen atoms in total. The predicted octanol–water partition coefficient (Wildman–Crippen LogP) is 2.13. The third kappa shape index (κ3) is 5.82. The number of thiazole rings is 1. The monoisotopic (exact) mass is 266 g/mol. The number of hydrogen-bond donors (Lipinski definition) is 2. The van der Waals surface area contributed by atoms with Crippen molar-refractivity contribution in [3.05, 3.63) is 28.2 Å². The smallest absolute Gasteiger partial charge is 0.190 e. The van der Waals surface area contributed by atoms with Gasteiger partial charge in [-0.15, -0.1) is 11.3 Å². The van der Waals surface area contributed by atoms with Gasteiger partial charge >= 0.3 is 0 Å². The lowest BCUT2D eigenvalue weighted by Gasteiger charge is -2.10. The van der Waals surface area contributed by atoms with Gasteiger partial charge in [0.15, 0.2) is 5.96 Å². The van der Waals surface area contributed by atoms with Gasteiger partial charge in [-0.3, -0.25) is 4.99 Å². The minimum absolute atomic E-state index is 0.853. The second-order valence-electron chi connectivity index (χ2n) is 3.89. The summed E-state index contributed by atoms with van der Waals surface area (Å²) in [6.45, 7) is 5.82. The van der Waals surface area contributed by atoms with E-state index in [-0.39, 0.29) is 0 Å². The van der Waals surface area contributed by atoms with Gasteiger partial charge in [-0.05, 0) is 20.3 Å². The molecular weight excluding hydrogens is 244 g/mol. The molecule has 0 saturated carbocycles. The molecule has 2 N–H and O–H groups in total. The van der Waals surface area contributed by atoms with Crippen LogP contribution in [-0.2, 0) is 6.42 Å². The molecular formula is C13H22N4S. The molecule has 0 aliphatic carbocycles. The molecule has 0 bridgehead atoms. The maximum absolute atomic E-state index is 4.43. The summed E-state index contributed by atoms with van der Waals surface area (Å²) >= 11 is 1.70. The molecule has 1 heterocycles. The fraction of sp³-hybridized carbons (Fsp3) is 0.538. The molecule has 1 aromatic heterocycles. The topological polar surface area (TPSA) is 49.3 Å². The Bertz CT molecular complexity index is 395. The van der Waals surface area contributed by atoms with Crippen molar-refractivity contribution in [1.82, 2.24) is 15.6 Å². The van der Waals surface area contributed by atoms with Gasteiger partial charge in [0.05, 0.1) is 10.7 Å². The van der Waals surface area contributed by atoms with Gasteiger partial charge in [0.1, 0.15) is 0 Å². The first kappa shape index (κ1) is 14.7. The quantitative estimate of drug-likeness (QED) is 0.359. The van der Waals surface area contributed by atoms with E-state index in [2.05, 4.69) is 38.1 Å². The summed E-state index contributed by atoms with van der Waals surface area (Å²) in [5, 5.41) is 9.78. The number of aliphatic imine (C=N–C) groups is 1. The molecule has 0 aliphatic heterocycles. The Balaban J connectivity index is 2.19. The highest BCUT2D eigenvalue weighted by Crippen LogP contribution is 2.07. The molecule has 1 aromatic rings. The first-order chi connectivity index (χ1) is 8.76. The Hall–Kier alpha value is -1.36. The Morgan fingerprint density at radius 3 is 2.83 bits per heavy atom. The molecule has 0 amide bonds. The Labute approximate surface area is 113 Å². The highest BCUT2D eigenvalue weighted by atomic mass is 32.1. The van der Waals surface area contributed by atoms with Crippen LogP contribution in [0.3, 0.4) is 0 Å². The van der Waals surface area contributed by atoms with Gasteiger partial charge in [-0.1, -0.05) is 12.2 Å². The van der Waals surface area contributed by atoms with Crippen LogP contribution in [0.1, 0.15) is 24.0 Å². The number of guanidine groups is 1. The number of nitrogens with one attached hydrogen (secondary N) is 2. The molecule has 0 aromatic carbocycles. The van der Waals surface area contributed by atoms with Crippen molar-refractivity contribution in [3.63, 3.8) is 0 Å². The Kier molecular flexibility index (Phi) is 7.10. The van der Waals surface area contributed by atoms with Crippen LogP contribution >= 0.6 is 11.3 Å². The summed E-state index contributed by atoms with van der Waals surface area (Å²) in [5.74, 6) is 0.853. The minimum Gasteiger partial charge on any atom is -0.356 e. The summed E-state index contributed by atoms with van der Waals surface area (Å²) in [4.78, 5) is 8.60. The number of nitrogens with zero attached hydrogens (tertiary/aromatic N) is 2. The number of hydrogen-bond acceptors (Lipinski definition) is 3. The van der Waals surface area contributed by atoms with E-state index >= 15 is 0 Å².